The standard InChI is InChI=1S/C43H83NO3/c1-3-5-7-9-11-13-15-17-19-21-23-25-27-29-31-33-37-46-42-43(41-44-35-39-45-40-36-44)47-38-34-32-30-28-26-24-22-20-18-16-14-12-10-8-6-4-2/h17-20,43H,3-16,21-42H2,1-2H3/b19-17-,20-18-. The third-order valence-electron chi connectivity index (χ3n) is 9.68. The second kappa shape index (κ2) is 38.1. The maximum absolute atomic E-state index is 6.38. The first kappa shape index (κ1) is 44.3. The Morgan fingerprint density at radius 3 is 1.32 bits per heavy atom. The van der Waals surface area contributed by atoms with Gasteiger partial charge in [0.05, 0.1) is 25.9 Å². The third-order valence-corrected chi connectivity index (χ3v) is 9.68. The van der Waals surface area contributed by atoms with E-state index in [1.54, 1.807) is 0 Å². The van der Waals surface area contributed by atoms with Gasteiger partial charge in [0, 0.05) is 32.8 Å². The lowest BCUT2D eigenvalue weighted by Crippen LogP contribution is -2.43. The molecule has 1 heterocycles. The fourth-order valence-electron chi connectivity index (χ4n) is 6.49. The average molecular weight is 662 g/mol. The molecule has 0 amide bonds. The summed E-state index contributed by atoms with van der Waals surface area (Å²) >= 11 is 0. The minimum Gasteiger partial charge on any atom is -0.379 e. The molecule has 47 heavy (non-hydrogen) atoms. The molecule has 0 bridgehead atoms. The van der Waals surface area contributed by atoms with Gasteiger partial charge in [-0.2, -0.15) is 0 Å². The van der Waals surface area contributed by atoms with E-state index in [9.17, 15) is 0 Å². The fraction of sp³-hybridized carbons (Fsp3) is 0.907. The van der Waals surface area contributed by atoms with E-state index in [-0.39, 0.29) is 6.10 Å². The summed E-state index contributed by atoms with van der Waals surface area (Å²) in [7, 11) is 0. The molecule has 0 radical (unpaired) electrons. The quantitative estimate of drug-likeness (QED) is 0.0490. The minimum atomic E-state index is 0.186. The van der Waals surface area contributed by atoms with Crippen LogP contribution in [-0.2, 0) is 14.2 Å². The van der Waals surface area contributed by atoms with E-state index in [1.807, 2.05) is 0 Å². The number of unbranched alkanes of at least 4 members (excludes halogenated alkanes) is 24. The van der Waals surface area contributed by atoms with Crippen molar-refractivity contribution in [2.24, 2.45) is 0 Å². The first-order valence-electron chi connectivity index (χ1n) is 21.2. The average Bonchev–Trinajstić information content (AvgIpc) is 3.09. The summed E-state index contributed by atoms with van der Waals surface area (Å²) in [5, 5.41) is 0. The molecule has 1 rings (SSSR count). The Morgan fingerprint density at radius 1 is 0.489 bits per heavy atom. The topological polar surface area (TPSA) is 30.9 Å². The van der Waals surface area contributed by atoms with E-state index in [1.165, 1.54) is 180 Å². The van der Waals surface area contributed by atoms with Gasteiger partial charge in [0.15, 0.2) is 0 Å². The number of morpholine rings is 1. The van der Waals surface area contributed by atoms with Crippen LogP contribution >= 0.6 is 0 Å². The van der Waals surface area contributed by atoms with Crippen LogP contribution in [0.3, 0.4) is 0 Å². The molecule has 0 spiro atoms. The highest BCUT2D eigenvalue weighted by atomic mass is 16.5. The van der Waals surface area contributed by atoms with Crippen molar-refractivity contribution in [1.29, 1.82) is 0 Å². The van der Waals surface area contributed by atoms with Crippen LogP contribution in [0.15, 0.2) is 24.3 Å². The Morgan fingerprint density at radius 2 is 0.872 bits per heavy atom. The van der Waals surface area contributed by atoms with Crippen LogP contribution in [0.5, 0.6) is 0 Å². The molecular weight excluding hydrogens is 578 g/mol. The summed E-state index contributed by atoms with van der Waals surface area (Å²) in [6.07, 6.45) is 47.5. The van der Waals surface area contributed by atoms with Gasteiger partial charge in [0.25, 0.3) is 0 Å². The van der Waals surface area contributed by atoms with Crippen molar-refractivity contribution in [3.8, 4) is 0 Å². The molecule has 278 valence electrons. The normalized spacial score (nSPS) is 15.0. The van der Waals surface area contributed by atoms with Crippen molar-refractivity contribution in [2.45, 2.75) is 200 Å². The number of nitrogens with zero attached hydrogens (tertiary/aromatic N) is 1. The van der Waals surface area contributed by atoms with E-state index >= 15 is 0 Å². The van der Waals surface area contributed by atoms with E-state index in [2.05, 4.69) is 43.1 Å². The number of allylic oxidation sites excluding steroid dienone is 4. The van der Waals surface area contributed by atoms with Gasteiger partial charge >= 0.3 is 0 Å². The van der Waals surface area contributed by atoms with Gasteiger partial charge in [-0.05, 0) is 64.2 Å². The summed E-state index contributed by atoms with van der Waals surface area (Å²) in [5.41, 5.74) is 0. The zero-order valence-corrected chi connectivity index (χ0v) is 32.0. The van der Waals surface area contributed by atoms with Gasteiger partial charge in [0.1, 0.15) is 0 Å². The molecule has 1 aliphatic rings. The highest BCUT2D eigenvalue weighted by molar-refractivity contribution is 4.82. The van der Waals surface area contributed by atoms with Crippen molar-refractivity contribution >= 4 is 0 Å². The van der Waals surface area contributed by atoms with Crippen molar-refractivity contribution in [3.05, 3.63) is 24.3 Å². The maximum atomic E-state index is 6.38. The molecule has 1 fully saturated rings. The van der Waals surface area contributed by atoms with Gasteiger partial charge in [0.2, 0.25) is 0 Å². The minimum absolute atomic E-state index is 0.186. The van der Waals surface area contributed by atoms with Crippen LogP contribution in [0, 0.1) is 0 Å². The van der Waals surface area contributed by atoms with Crippen LogP contribution in [0.2, 0.25) is 0 Å². The van der Waals surface area contributed by atoms with E-state index in [0.717, 1.165) is 52.7 Å². The lowest BCUT2D eigenvalue weighted by molar-refractivity contribution is -0.0496. The highest BCUT2D eigenvalue weighted by Gasteiger charge is 2.17. The molecule has 0 N–H and O–H groups in total. The molecule has 1 saturated heterocycles. The van der Waals surface area contributed by atoms with E-state index in [4.69, 9.17) is 14.2 Å². The van der Waals surface area contributed by atoms with Crippen molar-refractivity contribution in [2.75, 3.05) is 52.7 Å². The van der Waals surface area contributed by atoms with Crippen LogP contribution in [0.4, 0.5) is 0 Å². The molecular formula is C43H83NO3. The van der Waals surface area contributed by atoms with Crippen LogP contribution < -0.4 is 0 Å². The second-order valence-corrected chi connectivity index (χ2v) is 14.4. The van der Waals surface area contributed by atoms with Gasteiger partial charge in [-0.15, -0.1) is 0 Å². The van der Waals surface area contributed by atoms with Crippen LogP contribution in [-0.4, -0.2) is 63.7 Å². The number of ether oxygens (including phenoxy) is 3. The third kappa shape index (κ3) is 33.6. The summed E-state index contributed by atoms with van der Waals surface area (Å²) in [5.74, 6) is 0. The molecule has 4 nitrogen and oxygen atoms in total. The summed E-state index contributed by atoms with van der Waals surface area (Å²) in [4.78, 5) is 2.49. The smallest absolute Gasteiger partial charge is 0.0934 e. The molecule has 0 saturated carbocycles. The first-order valence-corrected chi connectivity index (χ1v) is 21.2. The molecule has 0 aromatic heterocycles. The van der Waals surface area contributed by atoms with Gasteiger partial charge in [-0.25, -0.2) is 0 Å². The first-order chi connectivity index (χ1) is 23.4. The number of rotatable bonds is 37. The zero-order valence-electron chi connectivity index (χ0n) is 32.0. The van der Waals surface area contributed by atoms with Crippen LogP contribution in [0.1, 0.15) is 194 Å². The van der Waals surface area contributed by atoms with Crippen molar-refractivity contribution in [1.82, 2.24) is 4.90 Å². The van der Waals surface area contributed by atoms with Crippen LogP contribution in [0.25, 0.3) is 0 Å². The molecule has 0 aromatic rings. The lowest BCUT2D eigenvalue weighted by Gasteiger charge is -2.30. The molecule has 0 aromatic carbocycles. The SMILES string of the molecule is CCCCCCCC/C=C\CCCCCCCCOCC(CN1CCOCC1)OCCCCCCCC/C=C\CCCCCCCC. The second-order valence-electron chi connectivity index (χ2n) is 14.4. The number of hydrogen-bond donors (Lipinski definition) is 0. The molecule has 0 aliphatic carbocycles. The Labute approximate surface area is 295 Å². The Balaban J connectivity index is 1.98. The van der Waals surface area contributed by atoms with Gasteiger partial charge in [-0.3, -0.25) is 4.90 Å². The lowest BCUT2D eigenvalue weighted by atomic mass is 10.1. The molecule has 1 unspecified atom stereocenters. The molecule has 1 atom stereocenters. The highest BCUT2D eigenvalue weighted by Crippen LogP contribution is 2.13. The van der Waals surface area contributed by atoms with Gasteiger partial charge in [-0.1, -0.05) is 154 Å². The predicted octanol–water partition coefficient (Wildman–Crippen LogP) is 12.8. The Hall–Kier alpha value is -0.680. The predicted molar refractivity (Wildman–Crippen MR) is 207 cm³/mol. The van der Waals surface area contributed by atoms with Crippen molar-refractivity contribution < 1.29 is 14.2 Å². The maximum Gasteiger partial charge on any atom is 0.0934 e. The summed E-state index contributed by atoms with van der Waals surface area (Å²) in [6.45, 7) is 11.8. The summed E-state index contributed by atoms with van der Waals surface area (Å²) in [6, 6.07) is 0. The number of hydrogen-bond acceptors (Lipinski definition) is 4. The monoisotopic (exact) mass is 662 g/mol. The van der Waals surface area contributed by atoms with Gasteiger partial charge < -0.3 is 14.2 Å². The molecule has 1 aliphatic heterocycles. The van der Waals surface area contributed by atoms with E-state index in [0.29, 0.717) is 0 Å². The summed E-state index contributed by atoms with van der Waals surface area (Å²) < 4.78 is 18.1. The largest absolute Gasteiger partial charge is 0.379 e. The zero-order chi connectivity index (χ0) is 33.6. The molecule has 4 heteroatoms. The Bertz CT molecular complexity index is 645. The van der Waals surface area contributed by atoms with E-state index < -0.39 is 0 Å². The Kier molecular flexibility index (Phi) is 36.0. The van der Waals surface area contributed by atoms with Crippen molar-refractivity contribution in [3.63, 3.8) is 0 Å². The fourth-order valence-corrected chi connectivity index (χ4v) is 6.49.